The second-order valence-electron chi connectivity index (χ2n) is 33.3. The lowest BCUT2D eigenvalue weighted by atomic mass is 9.47. The van der Waals surface area contributed by atoms with Gasteiger partial charge in [-0.25, -0.2) is 9.59 Å². The zero-order valence-electron chi connectivity index (χ0n) is 60.9. The molecule has 0 spiro atoms. The van der Waals surface area contributed by atoms with Crippen molar-refractivity contribution in [3.8, 4) is 23.7 Å². The number of amides is 2. The van der Waals surface area contributed by atoms with Crippen LogP contribution in [0.15, 0.2) is 81.7 Å². The number of hydrogen-bond acceptors (Lipinski definition) is 10. The van der Waals surface area contributed by atoms with Crippen molar-refractivity contribution in [3.63, 3.8) is 0 Å². The van der Waals surface area contributed by atoms with E-state index >= 15 is 0 Å². The Balaban J connectivity index is 0.564. The summed E-state index contributed by atoms with van der Waals surface area (Å²) in [4.78, 5) is 51.2. The predicted molar refractivity (Wildman–Crippen MR) is 383 cm³/mol. The molecule has 17 atom stereocenters. The van der Waals surface area contributed by atoms with Crippen LogP contribution >= 0.6 is 0 Å². The van der Waals surface area contributed by atoms with Gasteiger partial charge in [-0.05, 0) is 233 Å². The fourth-order valence-electron chi connectivity index (χ4n) is 21.3. The number of rotatable bonds is 26. The van der Waals surface area contributed by atoms with E-state index in [0.29, 0.717) is 54.0 Å². The second-order valence-corrected chi connectivity index (χ2v) is 33.3. The molecule has 96 heavy (non-hydrogen) atoms. The number of ether oxygens (including phenoxy) is 4. The minimum atomic E-state index is -0.618. The summed E-state index contributed by atoms with van der Waals surface area (Å²) < 4.78 is 22.8. The first-order valence-electron chi connectivity index (χ1n) is 38.6. The molecule has 0 heterocycles. The van der Waals surface area contributed by atoms with Crippen LogP contribution in [0, 0.1) is 122 Å². The Morgan fingerprint density at radius 1 is 0.562 bits per heavy atom. The Hall–Kier alpha value is -5.62. The number of nitrogens with zero attached hydrogens (tertiary/aromatic N) is 2. The highest BCUT2D eigenvalue weighted by Crippen LogP contribution is 2.69. The first-order chi connectivity index (χ1) is 46.2. The van der Waals surface area contributed by atoms with Gasteiger partial charge in [-0.2, -0.15) is 5.11 Å². The number of carbonyl (C=O) groups is 4. The number of benzene rings is 1. The number of azo groups is 1. The Kier molecular flexibility index (Phi) is 25.5. The molecular formula is C84H122N4O8. The quantitative estimate of drug-likeness (QED) is 0.0232. The van der Waals surface area contributed by atoms with Crippen LogP contribution in [0.5, 0.6) is 0 Å². The fourth-order valence-corrected chi connectivity index (χ4v) is 21.3. The number of hydrogen-bond donors (Lipinski definition) is 2. The van der Waals surface area contributed by atoms with Gasteiger partial charge < -0.3 is 29.6 Å². The Labute approximate surface area is 579 Å². The van der Waals surface area contributed by atoms with Crippen LogP contribution < -0.4 is 10.6 Å². The third-order valence-corrected chi connectivity index (χ3v) is 26.5. The van der Waals surface area contributed by atoms with Crippen LogP contribution in [0.3, 0.4) is 0 Å². The molecule has 526 valence electrons. The maximum absolute atomic E-state index is 13.0. The summed E-state index contributed by atoms with van der Waals surface area (Å²) >= 11 is 0. The number of unbranched alkanes of at least 4 members (excludes halogenated alkanes) is 4. The molecule has 1 aromatic carbocycles. The molecule has 2 amide bonds. The SMILES string of the molecule is CC(C)CCCC(C)C1CCC2C3CC=C4CC(OC(=O)CNC(=O)OCCCCC#Cc5ccccc5N=NC5=CC=CCC5C#CCCCCOC(=O)NCC(=O)OC5CCC6(C)C(=CCC7C6CCC6(C)C(C(C)CCCC(C)C)CCC76)C5)CCC4(C)C3CCC12C. The van der Waals surface area contributed by atoms with Crippen LogP contribution in [-0.4, -0.2) is 62.6 Å². The van der Waals surface area contributed by atoms with Crippen LogP contribution in [0.4, 0.5) is 15.3 Å². The van der Waals surface area contributed by atoms with Gasteiger partial charge >= 0.3 is 24.1 Å². The zero-order valence-corrected chi connectivity index (χ0v) is 60.9. The lowest BCUT2D eigenvalue weighted by Crippen LogP contribution is -2.51. The lowest BCUT2D eigenvalue weighted by molar-refractivity contribution is -0.151. The van der Waals surface area contributed by atoms with E-state index < -0.39 is 24.1 Å². The van der Waals surface area contributed by atoms with Crippen molar-refractivity contribution >= 4 is 29.8 Å². The Morgan fingerprint density at radius 3 is 1.59 bits per heavy atom. The molecule has 12 heteroatoms. The van der Waals surface area contributed by atoms with Gasteiger partial charge in [0.2, 0.25) is 0 Å². The monoisotopic (exact) mass is 1310 g/mol. The van der Waals surface area contributed by atoms with E-state index in [-0.39, 0.29) is 55.3 Å². The largest absolute Gasteiger partial charge is 0.461 e. The molecule has 12 nitrogen and oxygen atoms in total. The van der Waals surface area contributed by atoms with Gasteiger partial charge in [-0.3, -0.25) is 9.59 Å². The first kappa shape index (κ1) is 73.1. The molecule has 9 aliphatic carbocycles. The standard InChI is InChI=1S/C84H122N4O8/c1-57(2)25-23-27-59(5)69-39-41-71-67-37-35-63-53-65(43-47-81(63,7)73(67)45-49-83(69,71)9)95-77(89)55-85-79(91)93-51-21-13-11-15-29-61-31-17-19-33-75(61)87-88-76-34-20-18-32-62(76)30-16-12-14-22-52-94-80(92)86-56-78(90)96-66-44-48-82(8)64(54-66)36-38-68-72-42-40-70(60(6)28-24-26-58(3)4)84(72,10)50-46-74(68)82/h17-20,31,33-36,57-60,62,65-74H,11-14,21-28,32,37-56H2,1-10H3,(H,85,91)(H,86,92). The average Bonchev–Trinajstić information content (AvgIpc) is 1.38. The lowest BCUT2D eigenvalue weighted by Gasteiger charge is -2.58. The van der Waals surface area contributed by atoms with Gasteiger partial charge in [-0.1, -0.05) is 173 Å². The molecule has 0 aromatic heterocycles. The molecule has 2 N–H and O–H groups in total. The van der Waals surface area contributed by atoms with Crippen molar-refractivity contribution in [3.05, 3.63) is 77.1 Å². The van der Waals surface area contributed by atoms with E-state index in [0.717, 1.165) is 135 Å². The smallest absolute Gasteiger partial charge is 0.407 e. The molecule has 9 aliphatic rings. The average molecular weight is 1320 g/mol. The number of fused-ring (bicyclic) bond motifs is 10. The van der Waals surface area contributed by atoms with Crippen LogP contribution in [0.2, 0.25) is 0 Å². The molecule has 0 aliphatic heterocycles. The minimum Gasteiger partial charge on any atom is -0.461 e. The molecule has 17 unspecified atom stereocenters. The van der Waals surface area contributed by atoms with Gasteiger partial charge in [0.15, 0.2) is 0 Å². The summed E-state index contributed by atoms with van der Waals surface area (Å²) in [6.45, 7) is 24.9. The number of esters is 2. The fraction of sp³-hybridized carbons (Fsp3) is 0.738. The van der Waals surface area contributed by atoms with Gasteiger partial charge in [0.1, 0.15) is 31.0 Å². The second kappa shape index (κ2) is 33.5. The normalized spacial score (nSPS) is 33.1. The van der Waals surface area contributed by atoms with E-state index in [4.69, 9.17) is 18.9 Å². The van der Waals surface area contributed by atoms with Crippen LogP contribution in [0.25, 0.3) is 0 Å². The van der Waals surface area contributed by atoms with Crippen LogP contribution in [-0.2, 0) is 28.5 Å². The Morgan fingerprint density at radius 2 is 1.07 bits per heavy atom. The number of nitrogens with one attached hydrogen (secondary N) is 2. The molecule has 1 aromatic rings. The Bertz CT molecular complexity index is 3130. The van der Waals surface area contributed by atoms with Gasteiger partial charge in [-0.15, -0.1) is 11.0 Å². The van der Waals surface area contributed by atoms with Crippen molar-refractivity contribution in [2.24, 2.45) is 109 Å². The topological polar surface area (TPSA) is 154 Å². The summed E-state index contributed by atoms with van der Waals surface area (Å²) in [5, 5.41) is 14.5. The summed E-state index contributed by atoms with van der Waals surface area (Å²) in [6, 6.07) is 7.69. The highest BCUT2D eigenvalue weighted by atomic mass is 16.6. The highest BCUT2D eigenvalue weighted by Gasteiger charge is 2.61. The summed E-state index contributed by atoms with van der Waals surface area (Å²) in [7, 11) is 0. The minimum absolute atomic E-state index is 0.0951. The van der Waals surface area contributed by atoms with Gasteiger partial charge in [0, 0.05) is 25.7 Å². The highest BCUT2D eigenvalue weighted by molar-refractivity contribution is 5.78. The van der Waals surface area contributed by atoms with Gasteiger partial charge in [0.05, 0.1) is 30.4 Å². The first-order valence-corrected chi connectivity index (χ1v) is 38.6. The molecular weight excluding hydrogens is 1190 g/mol. The van der Waals surface area contributed by atoms with E-state index in [1.54, 1.807) is 0 Å². The maximum atomic E-state index is 13.0. The summed E-state index contributed by atoms with van der Waals surface area (Å²) in [5.41, 5.74) is 6.52. The van der Waals surface area contributed by atoms with E-state index in [9.17, 15) is 19.2 Å². The molecule has 0 saturated heterocycles. The zero-order chi connectivity index (χ0) is 68.0. The van der Waals surface area contributed by atoms with Crippen molar-refractivity contribution in [2.45, 2.75) is 268 Å². The molecule has 0 bridgehead atoms. The van der Waals surface area contributed by atoms with E-state index in [1.165, 1.54) is 107 Å². The third kappa shape index (κ3) is 17.7. The molecule has 0 radical (unpaired) electrons. The molecule has 6 saturated carbocycles. The van der Waals surface area contributed by atoms with Crippen molar-refractivity contribution < 1.29 is 38.1 Å². The summed E-state index contributed by atoms with van der Waals surface area (Å²) in [5.74, 6) is 21.8. The van der Waals surface area contributed by atoms with E-state index in [2.05, 4.69) is 132 Å². The molecule has 6 fully saturated rings. The third-order valence-electron chi connectivity index (χ3n) is 26.5. The number of alkyl carbamates (subject to hydrolysis) is 2. The number of carbonyl (C=O) groups excluding carboxylic acids is 4. The van der Waals surface area contributed by atoms with Gasteiger partial charge in [0.25, 0.3) is 0 Å². The maximum Gasteiger partial charge on any atom is 0.407 e. The molecule has 10 rings (SSSR count). The van der Waals surface area contributed by atoms with Crippen molar-refractivity contribution in [1.82, 2.24) is 10.6 Å². The number of allylic oxidation sites excluding steroid dienone is 6. The summed E-state index contributed by atoms with van der Waals surface area (Å²) in [6.07, 6.45) is 41.2. The van der Waals surface area contributed by atoms with E-state index in [1.807, 2.05) is 36.4 Å². The van der Waals surface area contributed by atoms with Crippen molar-refractivity contribution in [1.29, 1.82) is 0 Å². The predicted octanol–water partition coefficient (Wildman–Crippen LogP) is 20.3. The van der Waals surface area contributed by atoms with Crippen LogP contribution in [0.1, 0.15) is 261 Å². The van der Waals surface area contributed by atoms with Crippen molar-refractivity contribution in [2.75, 3.05) is 26.3 Å².